The van der Waals surface area contributed by atoms with Gasteiger partial charge in [0.1, 0.15) is 17.7 Å². The van der Waals surface area contributed by atoms with Crippen molar-refractivity contribution in [3.8, 4) is 6.07 Å². The number of rotatable bonds is 8. The van der Waals surface area contributed by atoms with Gasteiger partial charge >= 0.3 is 0 Å². The molecule has 1 unspecified atom stereocenters. The van der Waals surface area contributed by atoms with E-state index in [1.807, 2.05) is 11.0 Å². The van der Waals surface area contributed by atoms with Crippen molar-refractivity contribution in [3.63, 3.8) is 0 Å². The third-order valence-corrected chi connectivity index (χ3v) is 8.32. The van der Waals surface area contributed by atoms with Gasteiger partial charge in [-0.3, -0.25) is 4.90 Å². The highest BCUT2D eigenvalue weighted by Crippen LogP contribution is 2.26. The molecule has 1 heterocycles. The molecule has 10 heteroatoms. The molecule has 0 radical (unpaired) electrons. The fraction of sp³-hybridized carbons (Fsp3) is 0.269. The van der Waals surface area contributed by atoms with Crippen LogP contribution >= 0.6 is 11.6 Å². The molecule has 6 nitrogen and oxygen atoms in total. The highest BCUT2D eigenvalue weighted by Gasteiger charge is 2.31. The fourth-order valence-electron chi connectivity index (χ4n) is 4.10. The van der Waals surface area contributed by atoms with Crippen LogP contribution in [0.5, 0.6) is 0 Å². The molecule has 1 aliphatic heterocycles. The summed E-state index contributed by atoms with van der Waals surface area (Å²) < 4.78 is 61.9. The summed E-state index contributed by atoms with van der Waals surface area (Å²) in [6.07, 6.45) is -0.524. The van der Waals surface area contributed by atoms with Crippen LogP contribution in [0.15, 0.2) is 71.6 Å². The summed E-state index contributed by atoms with van der Waals surface area (Å²) in [5.74, 6) is -1.36. The van der Waals surface area contributed by atoms with Gasteiger partial charge in [-0.1, -0.05) is 41.9 Å². The lowest BCUT2D eigenvalue weighted by molar-refractivity contribution is 0.00547. The molecular weight excluding hydrogens is 508 g/mol. The van der Waals surface area contributed by atoms with E-state index >= 15 is 0 Å². The summed E-state index contributed by atoms with van der Waals surface area (Å²) in [5.41, 5.74) is 0.745. The van der Waals surface area contributed by atoms with Crippen molar-refractivity contribution < 1.29 is 21.9 Å². The Hall–Kier alpha value is -2.87. The van der Waals surface area contributed by atoms with Crippen LogP contribution in [0.25, 0.3) is 0 Å². The Morgan fingerprint density at radius 2 is 1.58 bits per heavy atom. The molecule has 1 saturated heterocycles. The Morgan fingerprint density at radius 1 is 0.944 bits per heavy atom. The number of nitriles is 1. The molecule has 0 amide bonds. The quantitative estimate of drug-likeness (QED) is 0.419. The average molecular weight is 532 g/mol. The van der Waals surface area contributed by atoms with Crippen molar-refractivity contribution >= 4 is 21.6 Å². The van der Waals surface area contributed by atoms with Gasteiger partial charge in [0.05, 0.1) is 23.2 Å². The van der Waals surface area contributed by atoms with Gasteiger partial charge in [0.2, 0.25) is 10.0 Å². The van der Waals surface area contributed by atoms with Gasteiger partial charge in [-0.05, 0) is 42.0 Å². The highest BCUT2D eigenvalue weighted by atomic mass is 35.5. The van der Waals surface area contributed by atoms with Gasteiger partial charge in [0.25, 0.3) is 0 Å². The number of hydrogen-bond acceptors (Lipinski definition) is 5. The van der Waals surface area contributed by atoms with Crippen LogP contribution in [0.1, 0.15) is 22.8 Å². The van der Waals surface area contributed by atoms with E-state index in [-0.39, 0.29) is 35.7 Å². The molecule has 0 aliphatic carbocycles. The Kier molecular flexibility index (Phi) is 8.34. The van der Waals surface area contributed by atoms with Crippen molar-refractivity contribution in [3.05, 3.63) is 100 Å². The van der Waals surface area contributed by atoms with E-state index in [9.17, 15) is 22.5 Å². The Labute approximate surface area is 214 Å². The molecule has 4 rings (SSSR count). The third kappa shape index (κ3) is 5.91. The van der Waals surface area contributed by atoms with Crippen LogP contribution in [0.2, 0.25) is 5.02 Å². The summed E-state index contributed by atoms with van der Waals surface area (Å²) in [6.45, 7) is 1.45. The van der Waals surface area contributed by atoms with Crippen molar-refractivity contribution in [1.29, 1.82) is 5.26 Å². The Bertz CT molecular complexity index is 1340. The maximum absolute atomic E-state index is 14.1. The SMILES string of the molecule is N#Cc1ccccc1S(=O)(=O)N1CCN(CC(OCc2c(F)cccc2F)c2ccc(Cl)cc2)CC1. The number of sulfonamides is 1. The molecule has 36 heavy (non-hydrogen) atoms. The number of hydrogen-bond donors (Lipinski definition) is 0. The minimum atomic E-state index is -3.81. The second kappa shape index (κ2) is 11.5. The number of piperazine rings is 1. The summed E-state index contributed by atoms with van der Waals surface area (Å²) in [5, 5.41) is 9.85. The number of ether oxygens (including phenoxy) is 1. The molecule has 0 aromatic heterocycles. The van der Waals surface area contributed by atoms with Gasteiger partial charge < -0.3 is 4.74 Å². The van der Waals surface area contributed by atoms with E-state index in [1.165, 1.54) is 34.6 Å². The summed E-state index contributed by atoms with van der Waals surface area (Å²) >= 11 is 6.02. The number of halogens is 3. The van der Waals surface area contributed by atoms with Gasteiger partial charge in [-0.2, -0.15) is 9.57 Å². The molecule has 0 N–H and O–H groups in total. The zero-order chi connectivity index (χ0) is 25.7. The van der Waals surface area contributed by atoms with Crippen LogP contribution < -0.4 is 0 Å². The molecule has 0 bridgehead atoms. The Morgan fingerprint density at radius 3 is 2.22 bits per heavy atom. The van der Waals surface area contributed by atoms with Crippen molar-refractivity contribution in [2.75, 3.05) is 32.7 Å². The molecule has 0 spiro atoms. The fourth-order valence-corrected chi connectivity index (χ4v) is 5.79. The maximum Gasteiger partial charge on any atom is 0.244 e. The van der Waals surface area contributed by atoms with Gasteiger partial charge in [-0.15, -0.1) is 0 Å². The molecule has 1 aliphatic rings. The molecular formula is C26H24ClF2N3O3S. The predicted octanol–water partition coefficient (Wildman–Crippen LogP) is 4.75. The normalized spacial score (nSPS) is 15.9. The first kappa shape index (κ1) is 26.2. The first-order valence-electron chi connectivity index (χ1n) is 11.3. The molecule has 3 aromatic rings. The topological polar surface area (TPSA) is 73.6 Å². The first-order chi connectivity index (χ1) is 17.3. The summed E-state index contributed by atoms with van der Waals surface area (Å²) in [4.78, 5) is 2.04. The average Bonchev–Trinajstić information content (AvgIpc) is 2.88. The smallest absolute Gasteiger partial charge is 0.244 e. The van der Waals surface area contributed by atoms with Gasteiger partial charge in [-0.25, -0.2) is 17.2 Å². The van der Waals surface area contributed by atoms with Crippen molar-refractivity contribution in [1.82, 2.24) is 9.21 Å². The van der Waals surface area contributed by atoms with Crippen LogP contribution in [0.4, 0.5) is 8.78 Å². The minimum Gasteiger partial charge on any atom is -0.367 e. The van der Waals surface area contributed by atoms with E-state index in [0.717, 1.165) is 5.56 Å². The first-order valence-corrected chi connectivity index (χ1v) is 13.1. The van der Waals surface area contributed by atoms with Gasteiger partial charge in [0, 0.05) is 43.3 Å². The maximum atomic E-state index is 14.1. The minimum absolute atomic E-state index is 0.00441. The second-order valence-electron chi connectivity index (χ2n) is 8.36. The van der Waals surface area contributed by atoms with E-state index in [1.54, 1.807) is 36.4 Å². The third-order valence-electron chi connectivity index (χ3n) is 6.11. The van der Waals surface area contributed by atoms with Crippen LogP contribution in [-0.2, 0) is 21.4 Å². The van der Waals surface area contributed by atoms with Gasteiger partial charge in [0.15, 0.2) is 0 Å². The molecule has 3 aromatic carbocycles. The highest BCUT2D eigenvalue weighted by molar-refractivity contribution is 7.89. The lowest BCUT2D eigenvalue weighted by atomic mass is 10.1. The van der Waals surface area contributed by atoms with Crippen molar-refractivity contribution in [2.24, 2.45) is 0 Å². The van der Waals surface area contributed by atoms with Crippen LogP contribution in [0, 0.1) is 23.0 Å². The predicted molar refractivity (Wildman–Crippen MR) is 132 cm³/mol. The lowest BCUT2D eigenvalue weighted by Gasteiger charge is -2.36. The number of nitrogens with zero attached hydrogens (tertiary/aromatic N) is 3. The summed E-state index contributed by atoms with van der Waals surface area (Å²) in [6, 6.07) is 18.8. The summed E-state index contributed by atoms with van der Waals surface area (Å²) in [7, 11) is -3.81. The molecule has 1 fully saturated rings. The van der Waals surface area contributed by atoms with Crippen molar-refractivity contribution in [2.45, 2.75) is 17.6 Å². The molecule has 188 valence electrons. The monoisotopic (exact) mass is 531 g/mol. The Balaban J connectivity index is 1.46. The van der Waals surface area contributed by atoms with E-state index in [0.29, 0.717) is 24.7 Å². The lowest BCUT2D eigenvalue weighted by Crippen LogP contribution is -2.49. The number of benzene rings is 3. The molecule has 0 saturated carbocycles. The molecule has 1 atom stereocenters. The standard InChI is InChI=1S/C26H24ClF2N3O3S/c27-21-10-8-19(9-11-21)25(35-18-22-23(28)5-3-6-24(22)29)17-31-12-14-32(15-13-31)36(33,34)26-7-2-1-4-20(26)16-30/h1-11,25H,12-15,17-18H2. The van der Waals surface area contributed by atoms with Crippen LogP contribution in [-0.4, -0.2) is 50.3 Å². The largest absolute Gasteiger partial charge is 0.367 e. The van der Waals surface area contributed by atoms with E-state index in [4.69, 9.17) is 16.3 Å². The van der Waals surface area contributed by atoms with Crippen LogP contribution in [0.3, 0.4) is 0 Å². The zero-order valence-corrected chi connectivity index (χ0v) is 20.9. The van der Waals surface area contributed by atoms with E-state index < -0.39 is 27.8 Å². The zero-order valence-electron chi connectivity index (χ0n) is 19.3. The van der Waals surface area contributed by atoms with E-state index in [2.05, 4.69) is 0 Å². The second-order valence-corrected chi connectivity index (χ2v) is 10.7.